The number of carbonyl (C=O) groups excluding carboxylic acids is 1. The molecule has 0 unspecified atom stereocenters. The summed E-state index contributed by atoms with van der Waals surface area (Å²) >= 11 is 0. The molecule has 5 heteroatoms. The van der Waals surface area contributed by atoms with Crippen LogP contribution in [0.4, 0.5) is 4.79 Å². The Morgan fingerprint density at radius 3 is 2.40 bits per heavy atom. The van der Waals surface area contributed by atoms with Crippen LogP contribution in [0.15, 0.2) is 48.5 Å². The lowest BCUT2D eigenvalue weighted by atomic mass is 10.1. The van der Waals surface area contributed by atoms with Gasteiger partial charge in [0.2, 0.25) is 0 Å². The van der Waals surface area contributed by atoms with Crippen molar-refractivity contribution in [2.45, 2.75) is 65.0 Å². The molecule has 0 N–H and O–H groups in total. The predicted molar refractivity (Wildman–Crippen MR) is 117 cm³/mol. The molecule has 4 rings (SSSR count). The molecule has 2 aromatic carbocycles. The van der Waals surface area contributed by atoms with Gasteiger partial charge in [0.1, 0.15) is 17.5 Å². The highest BCUT2D eigenvalue weighted by Crippen LogP contribution is 2.29. The third-order valence-electron chi connectivity index (χ3n) is 5.64. The summed E-state index contributed by atoms with van der Waals surface area (Å²) in [5.41, 5.74) is 3.21. The summed E-state index contributed by atoms with van der Waals surface area (Å²) in [6, 6.07) is 16.9. The molecule has 0 atom stereocenters. The molecule has 1 fully saturated rings. The second kappa shape index (κ2) is 8.68. The summed E-state index contributed by atoms with van der Waals surface area (Å²) in [7, 11) is 0. The minimum Gasteiger partial charge on any atom is -0.490 e. The molecule has 0 bridgehead atoms. The molecule has 1 amide bonds. The van der Waals surface area contributed by atoms with E-state index in [1.807, 2.05) is 26.8 Å². The number of hydrogen-bond donors (Lipinski definition) is 0. The molecule has 2 aliphatic heterocycles. The Hall–Kier alpha value is -2.53. The van der Waals surface area contributed by atoms with E-state index in [9.17, 15) is 4.79 Å². The van der Waals surface area contributed by atoms with Crippen LogP contribution in [-0.4, -0.2) is 40.7 Å². The Bertz CT molecular complexity index is 868. The smallest absolute Gasteiger partial charge is 0.410 e. The van der Waals surface area contributed by atoms with Crippen LogP contribution in [0.2, 0.25) is 0 Å². The topological polar surface area (TPSA) is 42.0 Å². The Labute approximate surface area is 179 Å². The minimum atomic E-state index is -0.477. The predicted octanol–water partition coefficient (Wildman–Crippen LogP) is 4.98. The number of likely N-dealkylation sites (tertiary alicyclic amines) is 1. The van der Waals surface area contributed by atoms with Crippen molar-refractivity contribution in [1.29, 1.82) is 0 Å². The van der Waals surface area contributed by atoms with Gasteiger partial charge in [-0.25, -0.2) is 4.79 Å². The number of amides is 1. The van der Waals surface area contributed by atoms with E-state index >= 15 is 0 Å². The van der Waals surface area contributed by atoms with E-state index < -0.39 is 5.60 Å². The van der Waals surface area contributed by atoms with E-state index in [2.05, 4.69) is 47.4 Å². The number of rotatable bonds is 4. The molecule has 160 valence electrons. The van der Waals surface area contributed by atoms with Crippen molar-refractivity contribution in [2.75, 3.05) is 13.1 Å². The summed E-state index contributed by atoms with van der Waals surface area (Å²) in [5, 5.41) is 0. The quantitative estimate of drug-likeness (QED) is 0.715. The molecule has 0 aromatic heterocycles. The largest absolute Gasteiger partial charge is 0.490 e. The van der Waals surface area contributed by atoms with E-state index in [1.165, 1.54) is 11.1 Å². The third kappa shape index (κ3) is 5.33. The van der Waals surface area contributed by atoms with E-state index in [1.54, 1.807) is 4.90 Å². The first-order valence-corrected chi connectivity index (χ1v) is 10.9. The van der Waals surface area contributed by atoms with Gasteiger partial charge in [-0.05, 0) is 62.4 Å². The van der Waals surface area contributed by atoms with Gasteiger partial charge in [-0.1, -0.05) is 36.4 Å². The second-order valence-electron chi connectivity index (χ2n) is 9.35. The standard InChI is InChI=1S/C25H32N2O3/c1-25(2,3)30-24(28)27-17-20-9-10-23(15-21(20)18-27)29-22-11-13-26(14-12-22)16-19-7-5-4-6-8-19/h4-10,15,22H,11-14,16-18H2,1-3H3. The summed E-state index contributed by atoms with van der Waals surface area (Å²) in [5.74, 6) is 0.904. The Morgan fingerprint density at radius 1 is 1.00 bits per heavy atom. The summed E-state index contributed by atoms with van der Waals surface area (Å²) < 4.78 is 11.8. The average Bonchev–Trinajstić information content (AvgIpc) is 3.13. The van der Waals surface area contributed by atoms with Crippen LogP contribution in [-0.2, 0) is 24.4 Å². The summed E-state index contributed by atoms with van der Waals surface area (Å²) in [6.45, 7) is 9.97. The molecule has 0 spiro atoms. The first-order valence-electron chi connectivity index (χ1n) is 10.9. The van der Waals surface area contributed by atoms with E-state index in [0.717, 1.165) is 43.8 Å². The van der Waals surface area contributed by atoms with Gasteiger partial charge in [-0.15, -0.1) is 0 Å². The second-order valence-corrected chi connectivity index (χ2v) is 9.35. The van der Waals surface area contributed by atoms with Crippen LogP contribution in [0.25, 0.3) is 0 Å². The molecule has 0 saturated carbocycles. The fourth-order valence-corrected chi connectivity index (χ4v) is 4.12. The number of carbonyl (C=O) groups is 1. The van der Waals surface area contributed by atoms with E-state index in [-0.39, 0.29) is 12.2 Å². The zero-order valence-electron chi connectivity index (χ0n) is 18.3. The number of hydrogen-bond acceptors (Lipinski definition) is 4. The van der Waals surface area contributed by atoms with Gasteiger partial charge in [0, 0.05) is 32.7 Å². The Balaban J connectivity index is 1.28. The highest BCUT2D eigenvalue weighted by atomic mass is 16.6. The normalized spacial score (nSPS) is 17.6. The van der Waals surface area contributed by atoms with Gasteiger partial charge in [-0.2, -0.15) is 0 Å². The van der Waals surface area contributed by atoms with Gasteiger partial charge >= 0.3 is 6.09 Å². The number of ether oxygens (including phenoxy) is 2. The number of piperidine rings is 1. The van der Waals surface area contributed by atoms with Crippen molar-refractivity contribution in [3.8, 4) is 5.75 Å². The lowest BCUT2D eigenvalue weighted by molar-refractivity contribution is 0.0241. The van der Waals surface area contributed by atoms with E-state index in [4.69, 9.17) is 9.47 Å². The lowest BCUT2D eigenvalue weighted by Gasteiger charge is -2.32. The average molecular weight is 409 g/mol. The highest BCUT2D eigenvalue weighted by molar-refractivity contribution is 5.69. The van der Waals surface area contributed by atoms with Crippen LogP contribution in [0.3, 0.4) is 0 Å². The Kier molecular flexibility index (Phi) is 6.00. The van der Waals surface area contributed by atoms with Crippen molar-refractivity contribution < 1.29 is 14.3 Å². The maximum absolute atomic E-state index is 12.4. The van der Waals surface area contributed by atoms with Crippen LogP contribution < -0.4 is 4.74 Å². The van der Waals surface area contributed by atoms with Crippen LogP contribution in [0.1, 0.15) is 50.3 Å². The van der Waals surface area contributed by atoms with Crippen molar-refractivity contribution in [3.63, 3.8) is 0 Å². The molecule has 0 radical (unpaired) electrons. The zero-order chi connectivity index (χ0) is 21.1. The number of nitrogens with zero attached hydrogens (tertiary/aromatic N) is 2. The molecule has 0 aliphatic carbocycles. The molecular weight excluding hydrogens is 376 g/mol. The van der Waals surface area contributed by atoms with Crippen molar-refractivity contribution >= 4 is 6.09 Å². The highest BCUT2D eigenvalue weighted by Gasteiger charge is 2.28. The van der Waals surface area contributed by atoms with Crippen LogP contribution in [0.5, 0.6) is 5.75 Å². The van der Waals surface area contributed by atoms with E-state index in [0.29, 0.717) is 13.1 Å². The van der Waals surface area contributed by atoms with Gasteiger partial charge in [0.15, 0.2) is 0 Å². The molecular formula is C25H32N2O3. The summed E-state index contributed by atoms with van der Waals surface area (Å²) in [4.78, 5) is 16.6. The van der Waals surface area contributed by atoms with Crippen molar-refractivity contribution in [3.05, 3.63) is 65.2 Å². The number of fused-ring (bicyclic) bond motifs is 1. The molecule has 30 heavy (non-hydrogen) atoms. The fourth-order valence-electron chi connectivity index (χ4n) is 4.12. The summed E-state index contributed by atoms with van der Waals surface area (Å²) in [6.07, 6.45) is 2.06. The maximum Gasteiger partial charge on any atom is 0.410 e. The minimum absolute atomic E-state index is 0.249. The van der Waals surface area contributed by atoms with Crippen LogP contribution in [0, 0.1) is 0 Å². The van der Waals surface area contributed by atoms with Gasteiger partial charge < -0.3 is 9.47 Å². The first-order chi connectivity index (χ1) is 14.4. The molecule has 2 aromatic rings. The molecule has 1 saturated heterocycles. The fraction of sp³-hybridized carbons (Fsp3) is 0.480. The van der Waals surface area contributed by atoms with Gasteiger partial charge in [0.05, 0.1) is 0 Å². The number of benzene rings is 2. The third-order valence-corrected chi connectivity index (χ3v) is 5.64. The SMILES string of the molecule is CC(C)(C)OC(=O)N1Cc2ccc(OC3CCN(Cc4ccccc4)CC3)cc2C1. The monoisotopic (exact) mass is 408 g/mol. The Morgan fingerprint density at radius 2 is 1.70 bits per heavy atom. The van der Waals surface area contributed by atoms with Crippen molar-refractivity contribution in [1.82, 2.24) is 9.80 Å². The van der Waals surface area contributed by atoms with Gasteiger partial charge in [0.25, 0.3) is 0 Å². The molecule has 2 heterocycles. The lowest BCUT2D eigenvalue weighted by Crippen LogP contribution is -2.37. The van der Waals surface area contributed by atoms with Crippen LogP contribution >= 0.6 is 0 Å². The van der Waals surface area contributed by atoms with Crippen molar-refractivity contribution in [2.24, 2.45) is 0 Å². The maximum atomic E-state index is 12.4. The van der Waals surface area contributed by atoms with Gasteiger partial charge in [-0.3, -0.25) is 9.80 Å². The zero-order valence-corrected chi connectivity index (χ0v) is 18.3. The molecule has 5 nitrogen and oxygen atoms in total. The molecule has 2 aliphatic rings. The first kappa shape index (κ1) is 20.7.